The summed E-state index contributed by atoms with van der Waals surface area (Å²) in [5.41, 5.74) is 1.04. The zero-order chi connectivity index (χ0) is 11.5. The van der Waals surface area contributed by atoms with E-state index in [1.807, 2.05) is 0 Å². The molecule has 1 rings (SSSR count). The summed E-state index contributed by atoms with van der Waals surface area (Å²) in [6.45, 7) is 1.43. The number of carbonyl (C=O) groups is 1. The second-order valence-corrected chi connectivity index (χ2v) is 4.18. The minimum Gasteiger partial charge on any atom is -0.295 e. The summed E-state index contributed by atoms with van der Waals surface area (Å²) in [4.78, 5) is 10.9. The number of hydrogen-bond acceptors (Lipinski definition) is 3. The summed E-state index contributed by atoms with van der Waals surface area (Å²) in [6.07, 6.45) is 1.12. The molecule has 0 saturated heterocycles. The highest BCUT2D eigenvalue weighted by Crippen LogP contribution is 2.08. The second kappa shape index (κ2) is 4.35. The van der Waals surface area contributed by atoms with Gasteiger partial charge in [-0.25, -0.2) is 0 Å². The molecule has 0 aromatic heterocycles. The maximum absolute atomic E-state index is 12.1. The van der Waals surface area contributed by atoms with Crippen LogP contribution in [0, 0.1) is 0 Å². The molecular weight excluding hydrogens is 219 g/mol. The minimum atomic E-state index is -4.60. The fourth-order valence-corrected chi connectivity index (χ4v) is 1.31. The Labute approximate surface area is 87.4 Å². The van der Waals surface area contributed by atoms with Crippen LogP contribution in [0.25, 0.3) is 6.08 Å². The molecule has 0 fully saturated rings. The second-order valence-electron chi connectivity index (χ2n) is 2.96. The van der Waals surface area contributed by atoms with E-state index in [2.05, 4.69) is 0 Å². The SMILES string of the molecule is CC(=O)c1ccc(/C=C/S(=O)(=O)F)cc1. The van der Waals surface area contributed by atoms with E-state index in [-0.39, 0.29) is 5.78 Å². The van der Waals surface area contributed by atoms with Crippen LogP contribution in [0.1, 0.15) is 22.8 Å². The fourth-order valence-electron chi connectivity index (χ4n) is 0.989. The van der Waals surface area contributed by atoms with E-state index < -0.39 is 10.2 Å². The Bertz CT molecular complexity index is 486. The number of carbonyl (C=O) groups excluding carboxylic acids is 1. The number of rotatable bonds is 3. The van der Waals surface area contributed by atoms with E-state index in [4.69, 9.17) is 0 Å². The number of hydrogen-bond donors (Lipinski definition) is 0. The quantitative estimate of drug-likeness (QED) is 0.588. The van der Waals surface area contributed by atoms with Crippen molar-refractivity contribution in [2.75, 3.05) is 0 Å². The van der Waals surface area contributed by atoms with Gasteiger partial charge < -0.3 is 0 Å². The van der Waals surface area contributed by atoms with Gasteiger partial charge in [-0.3, -0.25) is 4.79 Å². The number of halogens is 1. The van der Waals surface area contributed by atoms with Crippen molar-refractivity contribution in [3.8, 4) is 0 Å². The maximum Gasteiger partial charge on any atom is 0.325 e. The summed E-state index contributed by atoms with van der Waals surface area (Å²) < 4.78 is 32.5. The van der Waals surface area contributed by atoms with E-state index in [9.17, 15) is 17.1 Å². The predicted molar refractivity (Wildman–Crippen MR) is 55.5 cm³/mol. The highest BCUT2D eigenvalue weighted by atomic mass is 32.3. The van der Waals surface area contributed by atoms with Crippen LogP contribution in [0.15, 0.2) is 29.7 Å². The van der Waals surface area contributed by atoms with Crippen LogP contribution in [0.4, 0.5) is 3.89 Å². The van der Waals surface area contributed by atoms with Crippen molar-refractivity contribution < 1.29 is 17.1 Å². The zero-order valence-electron chi connectivity index (χ0n) is 7.98. The first-order valence-corrected chi connectivity index (χ1v) is 5.57. The molecule has 0 amide bonds. The normalized spacial score (nSPS) is 11.9. The molecule has 1 aromatic carbocycles. The van der Waals surface area contributed by atoms with Gasteiger partial charge in [-0.05, 0) is 18.6 Å². The van der Waals surface area contributed by atoms with Crippen molar-refractivity contribution in [1.29, 1.82) is 0 Å². The van der Waals surface area contributed by atoms with Gasteiger partial charge in [-0.2, -0.15) is 8.42 Å². The van der Waals surface area contributed by atoms with Gasteiger partial charge >= 0.3 is 10.2 Å². The van der Waals surface area contributed by atoms with Gasteiger partial charge in [-0.1, -0.05) is 24.3 Å². The van der Waals surface area contributed by atoms with Gasteiger partial charge in [0.1, 0.15) is 0 Å². The lowest BCUT2D eigenvalue weighted by Gasteiger charge is -1.95. The zero-order valence-corrected chi connectivity index (χ0v) is 8.79. The molecule has 0 bridgehead atoms. The summed E-state index contributed by atoms with van der Waals surface area (Å²) in [7, 11) is -4.60. The standard InChI is InChI=1S/C10H9FO3S/c1-8(12)10-4-2-9(3-5-10)6-7-15(11,13)14/h2-7H,1H3/b7-6+. The average molecular weight is 228 g/mol. The first-order chi connectivity index (χ1) is 6.88. The molecular formula is C10H9FO3S. The van der Waals surface area contributed by atoms with Gasteiger partial charge in [0.15, 0.2) is 5.78 Å². The Kier molecular flexibility index (Phi) is 3.36. The molecule has 0 aliphatic carbocycles. The monoisotopic (exact) mass is 228 g/mol. The average Bonchev–Trinajstić information content (AvgIpc) is 2.14. The number of benzene rings is 1. The Morgan fingerprint density at radius 2 is 1.80 bits per heavy atom. The maximum atomic E-state index is 12.1. The molecule has 80 valence electrons. The molecule has 3 nitrogen and oxygen atoms in total. The highest BCUT2D eigenvalue weighted by molar-refractivity contribution is 7.89. The van der Waals surface area contributed by atoms with Gasteiger partial charge in [0.05, 0.1) is 5.41 Å². The molecule has 0 unspecified atom stereocenters. The third-order valence-corrected chi connectivity index (χ3v) is 2.20. The molecule has 0 aliphatic heterocycles. The van der Waals surface area contributed by atoms with Crippen molar-refractivity contribution in [3.63, 3.8) is 0 Å². The van der Waals surface area contributed by atoms with Gasteiger partial charge in [0, 0.05) is 5.56 Å². The topological polar surface area (TPSA) is 51.2 Å². The highest BCUT2D eigenvalue weighted by Gasteiger charge is 2.00. The van der Waals surface area contributed by atoms with E-state index >= 15 is 0 Å². The van der Waals surface area contributed by atoms with E-state index in [1.165, 1.54) is 6.92 Å². The molecule has 5 heteroatoms. The van der Waals surface area contributed by atoms with Crippen LogP contribution in [0.5, 0.6) is 0 Å². The smallest absolute Gasteiger partial charge is 0.295 e. The molecule has 0 aliphatic rings. The molecule has 0 heterocycles. The fraction of sp³-hybridized carbons (Fsp3) is 0.100. The largest absolute Gasteiger partial charge is 0.325 e. The van der Waals surface area contributed by atoms with Gasteiger partial charge in [0.2, 0.25) is 0 Å². The lowest BCUT2D eigenvalue weighted by molar-refractivity contribution is 0.101. The lowest BCUT2D eigenvalue weighted by atomic mass is 10.1. The Morgan fingerprint density at radius 1 is 1.27 bits per heavy atom. The van der Waals surface area contributed by atoms with Crippen LogP contribution >= 0.6 is 0 Å². The van der Waals surface area contributed by atoms with Crippen molar-refractivity contribution in [2.24, 2.45) is 0 Å². The van der Waals surface area contributed by atoms with Crippen LogP contribution in [0.2, 0.25) is 0 Å². The van der Waals surface area contributed by atoms with Crippen molar-refractivity contribution in [2.45, 2.75) is 6.92 Å². The molecule has 0 atom stereocenters. The van der Waals surface area contributed by atoms with E-state index in [1.54, 1.807) is 24.3 Å². The molecule has 1 aromatic rings. The number of Topliss-reactive ketones (excluding diaryl/α,β-unsaturated/α-hetero) is 1. The van der Waals surface area contributed by atoms with Crippen LogP contribution < -0.4 is 0 Å². The summed E-state index contributed by atoms with van der Waals surface area (Å²) in [6, 6.07) is 6.18. The first-order valence-electron chi connectivity index (χ1n) is 4.12. The number of ketones is 1. The van der Waals surface area contributed by atoms with Gasteiger partial charge in [-0.15, -0.1) is 3.89 Å². The van der Waals surface area contributed by atoms with E-state index in [0.717, 1.165) is 6.08 Å². The molecule has 0 spiro atoms. The van der Waals surface area contributed by atoms with Crippen LogP contribution in [-0.4, -0.2) is 14.2 Å². The predicted octanol–water partition coefficient (Wildman–Crippen LogP) is 2.16. The molecule has 0 saturated carbocycles. The summed E-state index contributed by atoms with van der Waals surface area (Å²) >= 11 is 0. The Morgan fingerprint density at radius 3 is 2.20 bits per heavy atom. The molecule has 0 N–H and O–H groups in total. The lowest BCUT2D eigenvalue weighted by Crippen LogP contribution is -1.90. The Balaban J connectivity index is 2.91. The molecule has 0 radical (unpaired) electrons. The van der Waals surface area contributed by atoms with Crippen molar-refractivity contribution in [1.82, 2.24) is 0 Å². The molecule has 15 heavy (non-hydrogen) atoms. The summed E-state index contributed by atoms with van der Waals surface area (Å²) in [5.74, 6) is -0.0800. The Hall–Kier alpha value is -1.49. The summed E-state index contributed by atoms with van der Waals surface area (Å²) in [5, 5.41) is 0.468. The first kappa shape index (κ1) is 11.6. The van der Waals surface area contributed by atoms with Crippen molar-refractivity contribution >= 4 is 22.1 Å². The minimum absolute atomic E-state index is 0.0800. The van der Waals surface area contributed by atoms with Crippen LogP contribution in [-0.2, 0) is 10.2 Å². The van der Waals surface area contributed by atoms with Crippen molar-refractivity contribution in [3.05, 3.63) is 40.8 Å². The van der Waals surface area contributed by atoms with Crippen LogP contribution in [0.3, 0.4) is 0 Å². The third-order valence-electron chi connectivity index (χ3n) is 1.74. The van der Waals surface area contributed by atoms with E-state index in [0.29, 0.717) is 16.5 Å². The third kappa shape index (κ3) is 4.03. The van der Waals surface area contributed by atoms with Gasteiger partial charge in [0.25, 0.3) is 0 Å².